The molecular weight excluding hydrogens is 104 g/mol. The zero-order valence-corrected chi connectivity index (χ0v) is 4.92. The predicted molar refractivity (Wildman–Crippen MR) is 29.6 cm³/mol. The Morgan fingerprint density at radius 1 is 1.75 bits per heavy atom. The molecule has 0 fully saturated rings. The van der Waals surface area contributed by atoms with Gasteiger partial charge in [-0.2, -0.15) is 5.10 Å². The molecule has 0 radical (unpaired) electrons. The quantitative estimate of drug-likeness (QED) is 0.528. The average molecular weight is 112 g/mol. The van der Waals surface area contributed by atoms with Crippen LogP contribution in [0.2, 0.25) is 0 Å². The number of aryl methyl sites for hydroxylation is 2. The molecule has 3 heteroatoms. The number of aromatic hydroxyl groups is 1. The molecule has 0 saturated heterocycles. The van der Waals surface area contributed by atoms with Gasteiger partial charge in [-0.3, -0.25) is 0 Å². The lowest BCUT2D eigenvalue weighted by atomic mass is 10.4. The standard InChI is InChI=1S/C5H8N2O/c1-4-3-6-7(2)5(4)8/h3,8H,1-2H3. The monoisotopic (exact) mass is 112 g/mol. The van der Waals surface area contributed by atoms with Crippen molar-refractivity contribution in [1.29, 1.82) is 0 Å². The average Bonchev–Trinajstić information content (AvgIpc) is 1.98. The summed E-state index contributed by atoms with van der Waals surface area (Å²) in [5.74, 6) is 0.241. The van der Waals surface area contributed by atoms with Crippen molar-refractivity contribution in [3.05, 3.63) is 11.8 Å². The molecule has 0 spiro atoms. The van der Waals surface area contributed by atoms with Gasteiger partial charge in [-0.05, 0) is 6.92 Å². The lowest BCUT2D eigenvalue weighted by Gasteiger charge is -1.89. The minimum Gasteiger partial charge on any atom is -0.493 e. The third-order valence-electron chi connectivity index (χ3n) is 1.08. The summed E-state index contributed by atoms with van der Waals surface area (Å²) in [6, 6.07) is 0. The van der Waals surface area contributed by atoms with Gasteiger partial charge in [0.25, 0.3) is 0 Å². The highest BCUT2D eigenvalue weighted by Gasteiger charge is 1.97. The molecule has 1 heterocycles. The summed E-state index contributed by atoms with van der Waals surface area (Å²) >= 11 is 0. The molecule has 0 aliphatic carbocycles. The number of hydrogen-bond acceptors (Lipinski definition) is 2. The Hall–Kier alpha value is -0.990. The van der Waals surface area contributed by atoms with E-state index in [2.05, 4.69) is 5.10 Å². The Bertz CT molecular complexity index is 173. The summed E-state index contributed by atoms with van der Waals surface area (Å²) < 4.78 is 1.43. The van der Waals surface area contributed by atoms with Crippen LogP contribution < -0.4 is 0 Å². The molecule has 0 aliphatic rings. The minimum absolute atomic E-state index is 0.241. The second-order valence-electron chi connectivity index (χ2n) is 1.77. The van der Waals surface area contributed by atoms with E-state index in [0.29, 0.717) is 0 Å². The summed E-state index contributed by atoms with van der Waals surface area (Å²) in [6.45, 7) is 1.81. The topological polar surface area (TPSA) is 38.0 Å². The predicted octanol–water partition coefficient (Wildman–Crippen LogP) is 0.434. The van der Waals surface area contributed by atoms with Gasteiger partial charge in [0.1, 0.15) is 0 Å². The maximum absolute atomic E-state index is 8.95. The zero-order valence-electron chi connectivity index (χ0n) is 4.92. The van der Waals surface area contributed by atoms with Crippen LogP contribution in [-0.4, -0.2) is 14.9 Å². The van der Waals surface area contributed by atoms with Gasteiger partial charge in [0.05, 0.1) is 6.20 Å². The second-order valence-corrected chi connectivity index (χ2v) is 1.77. The van der Waals surface area contributed by atoms with Gasteiger partial charge >= 0.3 is 0 Å². The Labute approximate surface area is 47.6 Å². The summed E-state index contributed by atoms with van der Waals surface area (Å²) in [4.78, 5) is 0. The van der Waals surface area contributed by atoms with Gasteiger partial charge in [-0.15, -0.1) is 0 Å². The minimum atomic E-state index is 0.241. The maximum Gasteiger partial charge on any atom is 0.211 e. The number of rotatable bonds is 0. The summed E-state index contributed by atoms with van der Waals surface area (Å²) in [5, 5.41) is 12.7. The first-order valence-corrected chi connectivity index (χ1v) is 2.39. The van der Waals surface area contributed by atoms with Gasteiger partial charge in [0.15, 0.2) is 0 Å². The van der Waals surface area contributed by atoms with Crippen molar-refractivity contribution in [2.45, 2.75) is 6.92 Å². The highest BCUT2D eigenvalue weighted by molar-refractivity contribution is 5.19. The van der Waals surface area contributed by atoms with Crippen LogP contribution in [-0.2, 0) is 7.05 Å². The molecular formula is C5H8N2O. The van der Waals surface area contributed by atoms with E-state index in [1.165, 1.54) is 4.68 Å². The fourth-order valence-electron chi connectivity index (χ4n) is 0.541. The first-order chi connectivity index (χ1) is 3.72. The third-order valence-corrected chi connectivity index (χ3v) is 1.08. The van der Waals surface area contributed by atoms with Crippen LogP contribution in [0.25, 0.3) is 0 Å². The van der Waals surface area contributed by atoms with Crippen LogP contribution in [0.3, 0.4) is 0 Å². The molecule has 44 valence electrons. The van der Waals surface area contributed by atoms with Crippen molar-refractivity contribution in [3.8, 4) is 5.88 Å². The molecule has 1 rings (SSSR count). The fraction of sp³-hybridized carbons (Fsp3) is 0.400. The zero-order chi connectivity index (χ0) is 6.15. The smallest absolute Gasteiger partial charge is 0.211 e. The van der Waals surface area contributed by atoms with Crippen LogP contribution in [0, 0.1) is 6.92 Å². The van der Waals surface area contributed by atoms with Crippen LogP contribution in [0.15, 0.2) is 6.20 Å². The van der Waals surface area contributed by atoms with Crippen molar-refractivity contribution in [2.75, 3.05) is 0 Å². The van der Waals surface area contributed by atoms with E-state index in [0.717, 1.165) is 5.56 Å². The first kappa shape index (κ1) is 5.15. The molecule has 0 unspecified atom stereocenters. The molecule has 0 aliphatic heterocycles. The Kier molecular flexibility index (Phi) is 0.970. The molecule has 0 atom stereocenters. The molecule has 0 bridgehead atoms. The van der Waals surface area contributed by atoms with Gasteiger partial charge in [0.2, 0.25) is 5.88 Å². The Balaban J connectivity index is 3.19. The van der Waals surface area contributed by atoms with Crippen molar-refractivity contribution in [1.82, 2.24) is 9.78 Å². The van der Waals surface area contributed by atoms with Gasteiger partial charge in [-0.1, -0.05) is 0 Å². The normalized spacial score (nSPS) is 9.75. The molecule has 3 nitrogen and oxygen atoms in total. The SMILES string of the molecule is Cc1cnn(C)c1O. The van der Waals surface area contributed by atoms with Gasteiger partial charge in [0, 0.05) is 12.6 Å². The Morgan fingerprint density at radius 3 is 2.50 bits per heavy atom. The van der Waals surface area contributed by atoms with E-state index >= 15 is 0 Å². The number of nitrogens with zero attached hydrogens (tertiary/aromatic N) is 2. The molecule has 0 amide bonds. The number of aromatic nitrogens is 2. The fourth-order valence-corrected chi connectivity index (χ4v) is 0.541. The van der Waals surface area contributed by atoms with E-state index in [1.807, 2.05) is 6.92 Å². The summed E-state index contributed by atoms with van der Waals surface area (Å²) in [7, 11) is 1.70. The van der Waals surface area contributed by atoms with Crippen molar-refractivity contribution in [2.24, 2.45) is 7.05 Å². The van der Waals surface area contributed by atoms with Crippen molar-refractivity contribution >= 4 is 0 Å². The van der Waals surface area contributed by atoms with Gasteiger partial charge < -0.3 is 5.11 Å². The van der Waals surface area contributed by atoms with E-state index in [-0.39, 0.29) is 5.88 Å². The Morgan fingerprint density at radius 2 is 2.38 bits per heavy atom. The second kappa shape index (κ2) is 1.51. The van der Waals surface area contributed by atoms with Crippen molar-refractivity contribution in [3.63, 3.8) is 0 Å². The summed E-state index contributed by atoms with van der Waals surface area (Å²) in [5.41, 5.74) is 0.813. The first-order valence-electron chi connectivity index (χ1n) is 2.39. The highest BCUT2D eigenvalue weighted by atomic mass is 16.3. The molecule has 1 aromatic rings. The van der Waals surface area contributed by atoms with Crippen LogP contribution in [0.5, 0.6) is 5.88 Å². The number of hydrogen-bond donors (Lipinski definition) is 1. The lowest BCUT2D eigenvalue weighted by molar-refractivity contribution is 0.416. The van der Waals surface area contributed by atoms with E-state index in [9.17, 15) is 0 Å². The van der Waals surface area contributed by atoms with E-state index < -0.39 is 0 Å². The highest BCUT2D eigenvalue weighted by Crippen LogP contribution is 2.10. The van der Waals surface area contributed by atoms with Crippen LogP contribution in [0.1, 0.15) is 5.56 Å². The molecule has 0 aromatic carbocycles. The summed E-state index contributed by atoms with van der Waals surface area (Å²) in [6.07, 6.45) is 1.62. The van der Waals surface area contributed by atoms with Crippen LogP contribution in [0.4, 0.5) is 0 Å². The van der Waals surface area contributed by atoms with E-state index in [1.54, 1.807) is 13.2 Å². The lowest BCUT2D eigenvalue weighted by Crippen LogP contribution is -1.86. The van der Waals surface area contributed by atoms with Gasteiger partial charge in [-0.25, -0.2) is 4.68 Å². The van der Waals surface area contributed by atoms with Crippen molar-refractivity contribution < 1.29 is 5.11 Å². The molecule has 8 heavy (non-hydrogen) atoms. The van der Waals surface area contributed by atoms with Crippen LogP contribution >= 0.6 is 0 Å². The third kappa shape index (κ3) is 0.559. The molecule has 0 saturated carbocycles. The van der Waals surface area contributed by atoms with E-state index in [4.69, 9.17) is 5.11 Å². The molecule has 1 aromatic heterocycles. The maximum atomic E-state index is 8.95. The molecule has 1 N–H and O–H groups in total. The largest absolute Gasteiger partial charge is 0.493 e.